The Balaban J connectivity index is 2.45. The third kappa shape index (κ3) is 2.92. The van der Waals surface area contributed by atoms with Crippen LogP contribution in [0, 0.1) is 5.92 Å². The molecule has 0 aliphatic heterocycles. The number of hydrogen-bond acceptors (Lipinski definition) is 3. The minimum absolute atomic E-state index is 0.364. The normalized spacial score (nSPS) is 18.0. The van der Waals surface area contributed by atoms with Gasteiger partial charge in [-0.1, -0.05) is 6.42 Å². The Labute approximate surface area is 89.4 Å². The van der Waals surface area contributed by atoms with Gasteiger partial charge in [-0.2, -0.15) is 0 Å². The summed E-state index contributed by atoms with van der Waals surface area (Å²) in [7, 11) is 3.14. The Morgan fingerprint density at radius 1 is 1.53 bits per heavy atom. The summed E-state index contributed by atoms with van der Waals surface area (Å²) in [6.45, 7) is 0.671. The van der Waals surface area contributed by atoms with Crippen LogP contribution >= 0.6 is 0 Å². The largest absolute Gasteiger partial charge is 0.480 e. The summed E-state index contributed by atoms with van der Waals surface area (Å²) in [5.41, 5.74) is 0. The van der Waals surface area contributed by atoms with Crippen LogP contribution in [0.4, 0.5) is 0 Å². The number of nitrogens with zero attached hydrogens (tertiary/aromatic N) is 1. The summed E-state index contributed by atoms with van der Waals surface area (Å²) in [5, 5.41) is 11.3. The number of likely N-dealkylation sites (N-methyl/N-ethyl adjacent to an activating group) is 2. The highest BCUT2D eigenvalue weighted by molar-refractivity contribution is 6.01. The van der Waals surface area contributed by atoms with Crippen molar-refractivity contribution >= 4 is 11.9 Å². The van der Waals surface area contributed by atoms with Gasteiger partial charge < -0.3 is 10.0 Å². The first-order chi connectivity index (χ1) is 7.06. The van der Waals surface area contributed by atoms with E-state index in [9.17, 15) is 9.59 Å². The van der Waals surface area contributed by atoms with Gasteiger partial charge in [0.05, 0.1) is 0 Å². The summed E-state index contributed by atoms with van der Waals surface area (Å²) in [6, 6.07) is -1.12. The van der Waals surface area contributed by atoms with Gasteiger partial charge in [0.1, 0.15) is 0 Å². The minimum atomic E-state index is -1.12. The Bertz CT molecular complexity index is 251. The van der Waals surface area contributed by atoms with Gasteiger partial charge in [0.2, 0.25) is 0 Å². The average molecular weight is 214 g/mol. The lowest BCUT2D eigenvalue weighted by molar-refractivity contribution is -0.147. The zero-order valence-electron chi connectivity index (χ0n) is 9.19. The predicted molar refractivity (Wildman–Crippen MR) is 55.5 cm³/mol. The Hall–Kier alpha value is -1.10. The molecule has 5 heteroatoms. The molecule has 1 rings (SSSR count). The fourth-order valence-corrected chi connectivity index (χ4v) is 1.73. The van der Waals surface area contributed by atoms with Crippen LogP contribution in [-0.4, -0.2) is 48.6 Å². The molecule has 1 fully saturated rings. The Morgan fingerprint density at radius 2 is 2.13 bits per heavy atom. The van der Waals surface area contributed by atoms with Crippen molar-refractivity contribution in [1.29, 1.82) is 0 Å². The Morgan fingerprint density at radius 3 is 2.47 bits per heavy atom. The molecular weight excluding hydrogens is 196 g/mol. The molecular formula is C10H18N2O3. The molecule has 1 atom stereocenters. The second-order valence-electron chi connectivity index (χ2n) is 4.08. The third-order valence-corrected chi connectivity index (χ3v) is 2.92. The number of aliphatic carboxylic acids is 1. The number of carboxylic acids is 1. The second kappa shape index (κ2) is 5.11. The average Bonchev–Trinajstić information content (AvgIpc) is 2.11. The van der Waals surface area contributed by atoms with E-state index < -0.39 is 12.0 Å². The number of carbonyl (C=O) groups excluding carboxylic acids is 1. The smallest absolute Gasteiger partial charge is 0.330 e. The van der Waals surface area contributed by atoms with E-state index in [4.69, 9.17) is 5.11 Å². The number of carboxylic acid groups (broad SMARTS) is 1. The van der Waals surface area contributed by atoms with Gasteiger partial charge in [-0.15, -0.1) is 0 Å². The highest BCUT2D eigenvalue weighted by Gasteiger charge is 2.29. The van der Waals surface area contributed by atoms with Crippen molar-refractivity contribution in [2.45, 2.75) is 25.3 Å². The fraction of sp³-hybridized carbons (Fsp3) is 0.800. The lowest BCUT2D eigenvalue weighted by Crippen LogP contribution is -2.49. The summed E-state index contributed by atoms with van der Waals surface area (Å²) in [5.74, 6) is -0.926. The van der Waals surface area contributed by atoms with Crippen molar-refractivity contribution in [3.8, 4) is 0 Å². The molecule has 0 aromatic heterocycles. The van der Waals surface area contributed by atoms with Gasteiger partial charge in [0, 0.05) is 13.6 Å². The Kier molecular flexibility index (Phi) is 4.08. The van der Waals surface area contributed by atoms with Crippen LogP contribution in [0.3, 0.4) is 0 Å². The summed E-state index contributed by atoms with van der Waals surface area (Å²) in [6.07, 6.45) is 3.52. The maximum absolute atomic E-state index is 11.7. The topological polar surface area (TPSA) is 69.6 Å². The van der Waals surface area contributed by atoms with Crippen LogP contribution in [0.2, 0.25) is 0 Å². The molecule has 0 heterocycles. The lowest BCUT2D eigenvalue weighted by atomic mass is 9.85. The zero-order chi connectivity index (χ0) is 11.4. The van der Waals surface area contributed by atoms with Crippen molar-refractivity contribution in [3.63, 3.8) is 0 Å². The van der Waals surface area contributed by atoms with Crippen molar-refractivity contribution < 1.29 is 14.7 Å². The number of nitrogens with one attached hydrogen (secondary N) is 1. The van der Waals surface area contributed by atoms with Gasteiger partial charge in [-0.3, -0.25) is 10.1 Å². The standard InChI is InChI=1S/C10H18N2O3/c1-11-8(10(14)15)9(13)12(2)6-7-4-3-5-7/h7-8,11H,3-6H2,1-2H3,(H,14,15). The molecule has 0 radical (unpaired) electrons. The lowest BCUT2D eigenvalue weighted by Gasteiger charge is -2.31. The quantitative estimate of drug-likeness (QED) is 0.628. The molecule has 1 aliphatic rings. The van der Waals surface area contributed by atoms with Gasteiger partial charge in [-0.25, -0.2) is 4.79 Å². The number of rotatable bonds is 5. The first kappa shape index (κ1) is 12.0. The van der Waals surface area contributed by atoms with Gasteiger partial charge in [-0.05, 0) is 25.8 Å². The zero-order valence-corrected chi connectivity index (χ0v) is 9.19. The van der Waals surface area contributed by atoms with Crippen LogP contribution in [0.25, 0.3) is 0 Å². The van der Waals surface area contributed by atoms with E-state index in [1.165, 1.54) is 18.4 Å². The molecule has 0 saturated heterocycles. The monoisotopic (exact) mass is 214 g/mol. The van der Waals surface area contributed by atoms with E-state index in [1.807, 2.05) is 0 Å². The van der Waals surface area contributed by atoms with Crippen molar-refractivity contribution in [1.82, 2.24) is 10.2 Å². The number of hydrogen-bond donors (Lipinski definition) is 2. The third-order valence-electron chi connectivity index (χ3n) is 2.92. The molecule has 1 amide bonds. The van der Waals surface area contributed by atoms with Crippen molar-refractivity contribution in [3.05, 3.63) is 0 Å². The van der Waals surface area contributed by atoms with E-state index in [0.29, 0.717) is 12.5 Å². The van der Waals surface area contributed by atoms with E-state index in [0.717, 1.165) is 12.8 Å². The number of carbonyl (C=O) groups is 2. The van der Waals surface area contributed by atoms with Crippen LogP contribution in [-0.2, 0) is 9.59 Å². The molecule has 86 valence electrons. The molecule has 0 bridgehead atoms. The predicted octanol–water partition coefficient (Wildman–Crippen LogP) is -0.0825. The van der Waals surface area contributed by atoms with Gasteiger partial charge in [0.25, 0.3) is 5.91 Å². The van der Waals surface area contributed by atoms with E-state index in [-0.39, 0.29) is 5.91 Å². The molecule has 1 saturated carbocycles. The summed E-state index contributed by atoms with van der Waals surface area (Å²) >= 11 is 0. The maximum Gasteiger partial charge on any atom is 0.330 e. The van der Waals surface area contributed by atoms with E-state index in [1.54, 1.807) is 7.05 Å². The van der Waals surface area contributed by atoms with Crippen LogP contribution < -0.4 is 5.32 Å². The molecule has 0 aromatic carbocycles. The maximum atomic E-state index is 11.7. The van der Waals surface area contributed by atoms with E-state index in [2.05, 4.69) is 5.32 Å². The first-order valence-corrected chi connectivity index (χ1v) is 5.21. The van der Waals surface area contributed by atoms with Crippen LogP contribution in [0.5, 0.6) is 0 Å². The molecule has 15 heavy (non-hydrogen) atoms. The summed E-state index contributed by atoms with van der Waals surface area (Å²) in [4.78, 5) is 23.9. The fourth-order valence-electron chi connectivity index (χ4n) is 1.73. The summed E-state index contributed by atoms with van der Waals surface area (Å²) < 4.78 is 0. The van der Waals surface area contributed by atoms with Crippen LogP contribution in [0.15, 0.2) is 0 Å². The number of amides is 1. The van der Waals surface area contributed by atoms with Gasteiger partial charge in [0.15, 0.2) is 6.04 Å². The molecule has 5 nitrogen and oxygen atoms in total. The first-order valence-electron chi connectivity index (χ1n) is 5.21. The highest BCUT2D eigenvalue weighted by atomic mass is 16.4. The van der Waals surface area contributed by atoms with Crippen molar-refractivity contribution in [2.75, 3.05) is 20.6 Å². The molecule has 2 N–H and O–H groups in total. The highest BCUT2D eigenvalue weighted by Crippen LogP contribution is 2.26. The SMILES string of the molecule is CNC(C(=O)O)C(=O)N(C)CC1CCC1. The van der Waals surface area contributed by atoms with E-state index >= 15 is 0 Å². The minimum Gasteiger partial charge on any atom is -0.480 e. The molecule has 1 aliphatic carbocycles. The van der Waals surface area contributed by atoms with Crippen LogP contribution in [0.1, 0.15) is 19.3 Å². The molecule has 1 unspecified atom stereocenters. The van der Waals surface area contributed by atoms with Gasteiger partial charge >= 0.3 is 5.97 Å². The second-order valence-corrected chi connectivity index (χ2v) is 4.08. The van der Waals surface area contributed by atoms with Crippen molar-refractivity contribution in [2.24, 2.45) is 5.92 Å². The molecule has 0 spiro atoms. The molecule has 0 aromatic rings.